The van der Waals surface area contributed by atoms with Crippen LogP contribution in [0.2, 0.25) is 0 Å². The van der Waals surface area contributed by atoms with Crippen LogP contribution in [0.1, 0.15) is 0 Å². The average Bonchev–Trinajstić information content (AvgIpc) is 2.19. The zero-order valence-electron chi connectivity index (χ0n) is 4.13. The van der Waals surface area contributed by atoms with E-state index in [-0.39, 0.29) is 8.61 Å². The van der Waals surface area contributed by atoms with Gasteiger partial charge in [0.1, 0.15) is 6.61 Å². The molecule has 0 unspecified atom stereocenters. The van der Waals surface area contributed by atoms with E-state index in [1.54, 1.807) is 0 Å². The van der Waals surface area contributed by atoms with Crippen molar-refractivity contribution in [1.29, 1.82) is 0 Å². The van der Waals surface area contributed by atoms with Crippen LogP contribution < -0.4 is 5.09 Å². The van der Waals surface area contributed by atoms with Crippen LogP contribution in [0, 0.1) is 0 Å². The lowest BCUT2D eigenvalue weighted by Crippen LogP contribution is -2.11. The highest BCUT2D eigenvalue weighted by Gasteiger charge is 2.03. The molecule has 0 amide bonds. The topological polar surface area (TPSA) is 50.7 Å². The highest BCUT2D eigenvalue weighted by Crippen LogP contribution is 1.93. The van der Waals surface area contributed by atoms with Gasteiger partial charge in [0.15, 0.2) is 0 Å². The third-order valence-electron chi connectivity index (χ3n) is 0.727. The first-order chi connectivity index (χ1) is 3.93. The lowest BCUT2D eigenvalue weighted by Gasteiger charge is -1.92. The predicted octanol–water partition coefficient (Wildman–Crippen LogP) is 0.169. The van der Waals surface area contributed by atoms with Gasteiger partial charge in [0, 0.05) is 0 Å². The maximum atomic E-state index is 9.79. The van der Waals surface area contributed by atoms with E-state index < -0.39 is 0 Å². The van der Waals surface area contributed by atoms with Crippen LogP contribution in [-0.4, -0.2) is 19.2 Å². The van der Waals surface area contributed by atoms with E-state index in [2.05, 4.69) is 10.1 Å². The first kappa shape index (κ1) is 5.51. The average molecular weight is 132 g/mol. The SMILES string of the molecule is O=PNC1=NCCO1. The molecular weight excluding hydrogens is 127 g/mol. The van der Waals surface area contributed by atoms with Crippen LogP contribution in [0.15, 0.2) is 4.99 Å². The molecule has 0 bridgehead atoms. The minimum atomic E-state index is -0.160. The Morgan fingerprint density at radius 1 is 1.88 bits per heavy atom. The minimum absolute atomic E-state index is 0.160. The molecule has 0 saturated carbocycles. The lowest BCUT2D eigenvalue weighted by atomic mass is 10.8. The maximum absolute atomic E-state index is 9.79. The molecular formula is C3H5N2O2P. The molecule has 0 aromatic heterocycles. The number of hydrogen-bond acceptors (Lipinski definition) is 3. The van der Waals surface area contributed by atoms with Gasteiger partial charge in [-0.3, -0.25) is 5.09 Å². The summed E-state index contributed by atoms with van der Waals surface area (Å²) in [7, 11) is -0.160. The van der Waals surface area contributed by atoms with Gasteiger partial charge in [-0.2, -0.15) is 0 Å². The molecule has 4 nitrogen and oxygen atoms in total. The van der Waals surface area contributed by atoms with Gasteiger partial charge in [0.2, 0.25) is 0 Å². The van der Waals surface area contributed by atoms with Gasteiger partial charge in [0.05, 0.1) is 6.54 Å². The summed E-state index contributed by atoms with van der Waals surface area (Å²) in [6, 6.07) is 0.377. The van der Waals surface area contributed by atoms with Gasteiger partial charge in [-0.05, 0) is 0 Å². The summed E-state index contributed by atoms with van der Waals surface area (Å²) in [5.74, 6) is 0. The quantitative estimate of drug-likeness (QED) is 0.517. The molecule has 1 rings (SSSR count). The van der Waals surface area contributed by atoms with E-state index in [9.17, 15) is 4.57 Å². The Morgan fingerprint density at radius 2 is 2.75 bits per heavy atom. The minimum Gasteiger partial charge on any atom is -0.463 e. The van der Waals surface area contributed by atoms with E-state index in [1.807, 2.05) is 0 Å². The monoisotopic (exact) mass is 132 g/mol. The molecule has 5 heteroatoms. The van der Waals surface area contributed by atoms with E-state index in [1.165, 1.54) is 0 Å². The second-order valence-corrected chi connectivity index (χ2v) is 1.64. The van der Waals surface area contributed by atoms with Crippen LogP contribution in [0.25, 0.3) is 0 Å². The third-order valence-corrected chi connectivity index (χ3v) is 1.01. The van der Waals surface area contributed by atoms with Crippen LogP contribution in [0.3, 0.4) is 0 Å². The first-order valence-electron chi connectivity index (χ1n) is 2.19. The zero-order valence-corrected chi connectivity index (χ0v) is 5.02. The van der Waals surface area contributed by atoms with Gasteiger partial charge >= 0.3 is 0 Å². The van der Waals surface area contributed by atoms with E-state index in [4.69, 9.17) is 4.74 Å². The van der Waals surface area contributed by atoms with Crippen molar-refractivity contribution >= 4 is 14.6 Å². The third kappa shape index (κ3) is 1.17. The van der Waals surface area contributed by atoms with Gasteiger partial charge in [-0.25, -0.2) is 9.56 Å². The van der Waals surface area contributed by atoms with Crippen molar-refractivity contribution in [3.05, 3.63) is 0 Å². The molecule has 0 spiro atoms. The smallest absolute Gasteiger partial charge is 0.294 e. The largest absolute Gasteiger partial charge is 0.463 e. The van der Waals surface area contributed by atoms with Crippen molar-refractivity contribution < 1.29 is 9.30 Å². The molecule has 1 aliphatic rings. The number of nitrogens with one attached hydrogen (secondary N) is 1. The summed E-state index contributed by atoms with van der Waals surface area (Å²) in [6.07, 6.45) is 0. The Balaban J connectivity index is 2.33. The van der Waals surface area contributed by atoms with E-state index in [0.717, 1.165) is 0 Å². The Hall–Kier alpha value is -0.630. The molecule has 0 radical (unpaired) electrons. The van der Waals surface area contributed by atoms with Crippen molar-refractivity contribution in [3.8, 4) is 0 Å². The van der Waals surface area contributed by atoms with Gasteiger partial charge in [-0.15, -0.1) is 0 Å². The number of hydrogen-bond donors (Lipinski definition) is 1. The maximum Gasteiger partial charge on any atom is 0.294 e. The molecule has 0 aromatic carbocycles. The van der Waals surface area contributed by atoms with Crippen LogP contribution in [0.5, 0.6) is 0 Å². The molecule has 1 aliphatic heterocycles. The van der Waals surface area contributed by atoms with Crippen molar-refractivity contribution in [2.45, 2.75) is 0 Å². The van der Waals surface area contributed by atoms with Crippen LogP contribution in [-0.2, 0) is 9.30 Å². The second kappa shape index (κ2) is 2.62. The molecule has 1 heterocycles. The van der Waals surface area contributed by atoms with E-state index >= 15 is 0 Å². The Kier molecular flexibility index (Phi) is 1.80. The molecule has 0 atom stereocenters. The van der Waals surface area contributed by atoms with Crippen LogP contribution in [0.4, 0.5) is 0 Å². The highest BCUT2D eigenvalue weighted by molar-refractivity contribution is 7.22. The van der Waals surface area contributed by atoms with Crippen molar-refractivity contribution in [3.63, 3.8) is 0 Å². The number of amidine groups is 1. The normalized spacial score (nSPS) is 17.8. The summed E-state index contributed by atoms with van der Waals surface area (Å²) in [6.45, 7) is 1.26. The fraction of sp³-hybridized carbons (Fsp3) is 0.667. The number of rotatable bonds is 1. The predicted molar refractivity (Wildman–Crippen MR) is 29.0 cm³/mol. The molecule has 0 saturated heterocycles. The van der Waals surface area contributed by atoms with Crippen molar-refractivity contribution in [1.82, 2.24) is 5.09 Å². The fourth-order valence-corrected chi connectivity index (χ4v) is 0.655. The van der Waals surface area contributed by atoms with Gasteiger partial charge < -0.3 is 4.74 Å². The molecule has 8 heavy (non-hydrogen) atoms. The fourth-order valence-electron chi connectivity index (χ4n) is 0.442. The molecule has 1 N–H and O–H groups in total. The molecule has 0 aromatic rings. The van der Waals surface area contributed by atoms with Crippen LogP contribution >= 0.6 is 8.61 Å². The summed E-state index contributed by atoms with van der Waals surface area (Å²) in [5.41, 5.74) is 0. The van der Waals surface area contributed by atoms with Gasteiger partial charge in [0.25, 0.3) is 14.6 Å². The molecule has 0 aliphatic carbocycles. The number of ether oxygens (including phenoxy) is 1. The standard InChI is InChI=1S/C3H5N2O2P/c6-8-5-3-4-1-2-7-3/h1-2H2,(H,4,5,6). The zero-order chi connectivity index (χ0) is 5.82. The number of nitrogens with zero attached hydrogens (tertiary/aromatic N) is 1. The summed E-state index contributed by atoms with van der Waals surface area (Å²) >= 11 is 0. The van der Waals surface area contributed by atoms with E-state index in [0.29, 0.717) is 19.2 Å². The summed E-state index contributed by atoms with van der Waals surface area (Å²) < 4.78 is 14.6. The molecule has 44 valence electrons. The molecule has 0 fully saturated rings. The highest BCUT2D eigenvalue weighted by atomic mass is 31.1. The summed E-state index contributed by atoms with van der Waals surface area (Å²) in [5, 5.41) is 2.39. The summed E-state index contributed by atoms with van der Waals surface area (Å²) in [4.78, 5) is 3.80. The van der Waals surface area contributed by atoms with Crippen molar-refractivity contribution in [2.24, 2.45) is 4.99 Å². The lowest BCUT2D eigenvalue weighted by molar-refractivity contribution is 0.339. The Bertz CT molecular complexity index is 124. The Labute approximate surface area is 48.2 Å². The Morgan fingerprint density at radius 3 is 3.25 bits per heavy atom. The second-order valence-electron chi connectivity index (χ2n) is 1.24. The van der Waals surface area contributed by atoms with Crippen molar-refractivity contribution in [2.75, 3.05) is 13.2 Å². The first-order valence-corrected chi connectivity index (χ1v) is 3.00. The van der Waals surface area contributed by atoms with Gasteiger partial charge in [-0.1, -0.05) is 0 Å². The number of aliphatic imine (C=N–C) groups is 1.